The van der Waals surface area contributed by atoms with E-state index in [1.807, 2.05) is 11.8 Å². The number of alkyl halides is 3. The molecule has 0 saturated carbocycles. The fraction of sp³-hybridized carbons (Fsp3) is 0.355. The fourth-order valence-corrected chi connectivity index (χ4v) is 6.45. The van der Waals surface area contributed by atoms with Crippen molar-refractivity contribution >= 4 is 40.9 Å². The number of amides is 2. The summed E-state index contributed by atoms with van der Waals surface area (Å²) in [6, 6.07) is 14.5. The van der Waals surface area contributed by atoms with Crippen LogP contribution in [-0.4, -0.2) is 43.4 Å². The summed E-state index contributed by atoms with van der Waals surface area (Å²) >= 11 is 12.6. The zero-order valence-corrected chi connectivity index (χ0v) is 25.3. The minimum absolute atomic E-state index is 0.0780. The molecule has 5 rings (SSSR count). The molecule has 2 aliphatic rings. The lowest BCUT2D eigenvalue weighted by Gasteiger charge is -2.51. The first-order chi connectivity index (χ1) is 20.8. The molecule has 234 valence electrons. The summed E-state index contributed by atoms with van der Waals surface area (Å²) in [6.07, 6.45) is -4.58. The molecule has 7 nitrogen and oxygen atoms in total. The average Bonchev–Trinajstić information content (AvgIpc) is 2.97. The third-order valence-corrected chi connectivity index (χ3v) is 9.09. The van der Waals surface area contributed by atoms with E-state index >= 15 is 0 Å². The number of benzene rings is 3. The van der Waals surface area contributed by atoms with Gasteiger partial charge in [-0.25, -0.2) is 9.18 Å². The number of carbonyl (C=O) groups excluding carboxylic acids is 2. The number of ether oxygens (including phenoxy) is 2. The van der Waals surface area contributed by atoms with E-state index in [-0.39, 0.29) is 43.9 Å². The number of piperidine rings is 1. The first-order valence-corrected chi connectivity index (χ1v) is 14.6. The highest BCUT2D eigenvalue weighted by atomic mass is 35.5. The third-order valence-electron chi connectivity index (χ3n) is 8.35. The van der Waals surface area contributed by atoms with Gasteiger partial charge in [0.1, 0.15) is 22.7 Å². The monoisotopic (exact) mass is 653 g/mol. The van der Waals surface area contributed by atoms with Crippen molar-refractivity contribution in [3.63, 3.8) is 0 Å². The Hall–Kier alpha value is -3.54. The Morgan fingerprint density at radius 1 is 1.05 bits per heavy atom. The Bertz CT molecular complexity index is 1580. The van der Waals surface area contributed by atoms with E-state index < -0.39 is 41.1 Å². The molecule has 3 aromatic rings. The molecular weight excluding hydrogens is 625 g/mol. The van der Waals surface area contributed by atoms with Gasteiger partial charge in [-0.2, -0.15) is 0 Å². The SMILES string of the molecule is CCC(C(=O)NCc1cccc(OC(F)(F)F)c1)(c1ccc(Cl)c(Cl)c1)N1CCC2(CC1)OC(=O)N(C)c1ccc(F)cc12. The van der Waals surface area contributed by atoms with Crippen molar-refractivity contribution in [2.24, 2.45) is 0 Å². The van der Waals surface area contributed by atoms with Gasteiger partial charge < -0.3 is 14.8 Å². The molecule has 44 heavy (non-hydrogen) atoms. The highest BCUT2D eigenvalue weighted by molar-refractivity contribution is 6.42. The van der Waals surface area contributed by atoms with Crippen LogP contribution in [0.2, 0.25) is 10.0 Å². The molecular formula is C31H29Cl2F4N3O4. The maximum absolute atomic E-state index is 14.4. The van der Waals surface area contributed by atoms with Crippen LogP contribution in [-0.2, 0) is 27.2 Å². The normalized spacial score (nSPS) is 17.9. The van der Waals surface area contributed by atoms with Crippen LogP contribution < -0.4 is 15.0 Å². The number of fused-ring (bicyclic) bond motifs is 2. The standard InChI is InChI=1S/C31H29Cl2F4N3O4/c1-3-30(20-7-9-24(32)25(33)16-20,27(41)38-18-19-5-4-6-22(15-19)43-31(35,36)37)40-13-11-29(12-14-40)23-17-21(34)8-10-26(23)39(2)28(42)44-29/h4-10,15-17H,3,11-14,18H2,1-2H3,(H,38,41). The van der Waals surface area contributed by atoms with Crippen LogP contribution >= 0.6 is 23.2 Å². The molecule has 1 atom stereocenters. The van der Waals surface area contributed by atoms with Gasteiger partial charge in [0.05, 0.1) is 15.7 Å². The summed E-state index contributed by atoms with van der Waals surface area (Å²) in [7, 11) is 1.56. The van der Waals surface area contributed by atoms with E-state index in [1.54, 1.807) is 37.4 Å². The summed E-state index contributed by atoms with van der Waals surface area (Å²) in [5, 5.41) is 3.43. The lowest BCUT2D eigenvalue weighted by molar-refractivity contribution is -0.274. The van der Waals surface area contributed by atoms with Crippen LogP contribution in [0.1, 0.15) is 42.9 Å². The van der Waals surface area contributed by atoms with Crippen LogP contribution in [0.3, 0.4) is 0 Å². The fourth-order valence-electron chi connectivity index (χ4n) is 6.16. The van der Waals surface area contributed by atoms with Gasteiger partial charge in [0, 0.05) is 45.1 Å². The van der Waals surface area contributed by atoms with Gasteiger partial charge in [-0.3, -0.25) is 14.6 Å². The Morgan fingerprint density at radius 3 is 2.43 bits per heavy atom. The molecule has 1 saturated heterocycles. The maximum atomic E-state index is 14.4. The summed E-state index contributed by atoms with van der Waals surface area (Å²) in [6.45, 7) is 2.32. The number of halogens is 6. The molecule has 13 heteroatoms. The van der Waals surface area contributed by atoms with Gasteiger partial charge in [-0.15, -0.1) is 13.2 Å². The second-order valence-electron chi connectivity index (χ2n) is 10.8. The van der Waals surface area contributed by atoms with E-state index in [9.17, 15) is 27.2 Å². The molecule has 0 radical (unpaired) electrons. The van der Waals surface area contributed by atoms with Gasteiger partial charge in [-0.1, -0.05) is 48.3 Å². The molecule has 2 aliphatic heterocycles. The second kappa shape index (κ2) is 12.1. The molecule has 2 amide bonds. The van der Waals surface area contributed by atoms with Gasteiger partial charge in [-0.05, 0) is 60.0 Å². The lowest BCUT2D eigenvalue weighted by atomic mass is 9.77. The molecule has 0 bridgehead atoms. The van der Waals surface area contributed by atoms with Crippen molar-refractivity contribution in [2.45, 2.75) is 50.2 Å². The molecule has 1 N–H and O–H groups in total. The van der Waals surface area contributed by atoms with Gasteiger partial charge >= 0.3 is 12.5 Å². The number of carbonyl (C=O) groups is 2. The Labute approximate surface area is 261 Å². The zero-order chi connectivity index (χ0) is 31.9. The van der Waals surface area contributed by atoms with Crippen LogP contribution in [0.4, 0.5) is 28.0 Å². The quantitative estimate of drug-likeness (QED) is 0.267. The molecule has 1 fully saturated rings. The number of likely N-dealkylation sites (tertiary alicyclic amines) is 1. The number of rotatable bonds is 7. The molecule has 3 aromatic carbocycles. The van der Waals surface area contributed by atoms with Crippen molar-refractivity contribution in [2.75, 3.05) is 25.0 Å². The van der Waals surface area contributed by atoms with Crippen LogP contribution in [0.5, 0.6) is 5.75 Å². The van der Waals surface area contributed by atoms with Gasteiger partial charge in [0.15, 0.2) is 0 Å². The van der Waals surface area contributed by atoms with Crippen LogP contribution in [0, 0.1) is 5.82 Å². The van der Waals surface area contributed by atoms with E-state index in [0.717, 1.165) is 0 Å². The van der Waals surface area contributed by atoms with Crippen LogP contribution in [0.25, 0.3) is 0 Å². The number of nitrogens with zero attached hydrogens (tertiary/aromatic N) is 2. The number of nitrogens with one attached hydrogen (secondary N) is 1. The molecule has 1 spiro atoms. The minimum atomic E-state index is -4.85. The summed E-state index contributed by atoms with van der Waals surface area (Å²) in [4.78, 5) is 30.3. The van der Waals surface area contributed by atoms with Crippen molar-refractivity contribution in [3.8, 4) is 5.75 Å². The summed E-state index contributed by atoms with van der Waals surface area (Å²) in [5.41, 5.74) is -0.309. The second-order valence-corrected chi connectivity index (χ2v) is 11.6. The van der Waals surface area contributed by atoms with E-state index in [1.165, 1.54) is 35.2 Å². The molecule has 0 aromatic heterocycles. The molecule has 1 unspecified atom stereocenters. The van der Waals surface area contributed by atoms with Crippen LogP contribution in [0.15, 0.2) is 60.7 Å². The predicted octanol–water partition coefficient (Wildman–Crippen LogP) is 7.53. The van der Waals surface area contributed by atoms with Gasteiger partial charge in [0.25, 0.3) is 0 Å². The largest absolute Gasteiger partial charge is 0.573 e. The highest BCUT2D eigenvalue weighted by Gasteiger charge is 2.52. The molecule has 2 heterocycles. The average molecular weight is 654 g/mol. The van der Waals surface area contributed by atoms with Crippen molar-refractivity contribution in [1.29, 1.82) is 0 Å². The molecule has 0 aliphatic carbocycles. The van der Waals surface area contributed by atoms with Crippen molar-refractivity contribution in [1.82, 2.24) is 10.2 Å². The summed E-state index contributed by atoms with van der Waals surface area (Å²) in [5.74, 6) is -1.27. The lowest BCUT2D eigenvalue weighted by Crippen LogP contribution is -2.60. The minimum Gasteiger partial charge on any atom is -0.437 e. The Kier molecular flexibility index (Phi) is 8.76. The Morgan fingerprint density at radius 2 is 1.77 bits per heavy atom. The topological polar surface area (TPSA) is 71.1 Å². The number of hydrogen-bond acceptors (Lipinski definition) is 5. The third kappa shape index (κ3) is 6.05. The first-order valence-electron chi connectivity index (χ1n) is 13.9. The van der Waals surface area contributed by atoms with Gasteiger partial charge in [0.2, 0.25) is 5.91 Å². The predicted molar refractivity (Wildman–Crippen MR) is 157 cm³/mol. The smallest absolute Gasteiger partial charge is 0.437 e. The van der Waals surface area contributed by atoms with Crippen molar-refractivity contribution in [3.05, 3.63) is 93.2 Å². The van der Waals surface area contributed by atoms with Crippen molar-refractivity contribution < 1.29 is 36.6 Å². The summed E-state index contributed by atoms with van der Waals surface area (Å²) < 4.78 is 62.6. The highest BCUT2D eigenvalue weighted by Crippen LogP contribution is 2.48. The zero-order valence-electron chi connectivity index (χ0n) is 23.8. The van der Waals surface area contributed by atoms with E-state index in [2.05, 4.69) is 10.1 Å². The van der Waals surface area contributed by atoms with E-state index in [4.69, 9.17) is 27.9 Å². The number of hydrogen-bond donors (Lipinski definition) is 1. The van der Waals surface area contributed by atoms with E-state index in [0.29, 0.717) is 27.4 Å². The first kappa shape index (κ1) is 31.9. The maximum Gasteiger partial charge on any atom is 0.573 e. The number of anilines is 1. The Balaban J connectivity index is 1.45.